The fraction of sp³-hybridized carbons (Fsp3) is 0.118. The lowest BCUT2D eigenvalue weighted by atomic mass is 10.2. The van der Waals surface area contributed by atoms with Gasteiger partial charge >= 0.3 is 5.97 Å². The average Bonchev–Trinajstić information content (AvgIpc) is 2.55. The molecule has 0 bridgehead atoms. The van der Waals surface area contributed by atoms with Crippen LogP contribution >= 0.6 is 15.9 Å². The zero-order valence-corrected chi connectivity index (χ0v) is 14.4. The van der Waals surface area contributed by atoms with Crippen LogP contribution in [0.4, 0.5) is 11.4 Å². The van der Waals surface area contributed by atoms with Crippen molar-refractivity contribution in [3.8, 4) is 0 Å². The second-order valence-corrected chi connectivity index (χ2v) is 5.81. The van der Waals surface area contributed by atoms with E-state index in [2.05, 4.69) is 26.6 Å². The SMILES string of the molecule is CC(=O)Nc1ccc(C(=O)OCC(=O)Nc2ccc(Br)cc2)cc1. The van der Waals surface area contributed by atoms with E-state index < -0.39 is 11.9 Å². The Hall–Kier alpha value is -2.67. The van der Waals surface area contributed by atoms with E-state index in [0.29, 0.717) is 16.9 Å². The van der Waals surface area contributed by atoms with Crippen molar-refractivity contribution in [2.24, 2.45) is 0 Å². The van der Waals surface area contributed by atoms with Crippen molar-refractivity contribution in [2.45, 2.75) is 6.92 Å². The first kappa shape index (κ1) is 17.7. The summed E-state index contributed by atoms with van der Waals surface area (Å²) in [5, 5.41) is 5.22. The van der Waals surface area contributed by atoms with Crippen molar-refractivity contribution in [2.75, 3.05) is 17.2 Å². The van der Waals surface area contributed by atoms with E-state index >= 15 is 0 Å². The monoisotopic (exact) mass is 390 g/mol. The molecule has 24 heavy (non-hydrogen) atoms. The highest BCUT2D eigenvalue weighted by Gasteiger charge is 2.10. The van der Waals surface area contributed by atoms with Crippen LogP contribution in [0.1, 0.15) is 17.3 Å². The van der Waals surface area contributed by atoms with Gasteiger partial charge in [-0.1, -0.05) is 15.9 Å². The van der Waals surface area contributed by atoms with Crippen molar-refractivity contribution in [3.63, 3.8) is 0 Å². The molecule has 0 saturated carbocycles. The Bertz CT molecular complexity index is 742. The second-order valence-electron chi connectivity index (χ2n) is 4.89. The van der Waals surface area contributed by atoms with Gasteiger partial charge in [-0.15, -0.1) is 0 Å². The van der Waals surface area contributed by atoms with Gasteiger partial charge in [0, 0.05) is 22.8 Å². The van der Waals surface area contributed by atoms with Crippen LogP contribution in [0, 0.1) is 0 Å². The Kier molecular flexibility index (Phi) is 6.08. The fourth-order valence-electron chi connectivity index (χ4n) is 1.84. The van der Waals surface area contributed by atoms with E-state index in [1.807, 2.05) is 0 Å². The molecule has 0 aliphatic carbocycles. The van der Waals surface area contributed by atoms with E-state index in [9.17, 15) is 14.4 Å². The predicted molar refractivity (Wildman–Crippen MR) is 93.8 cm³/mol. The Balaban J connectivity index is 1.84. The lowest BCUT2D eigenvalue weighted by Gasteiger charge is -2.07. The summed E-state index contributed by atoms with van der Waals surface area (Å²) < 4.78 is 5.86. The van der Waals surface area contributed by atoms with Gasteiger partial charge in [-0.25, -0.2) is 4.79 Å². The van der Waals surface area contributed by atoms with Gasteiger partial charge in [0.15, 0.2) is 6.61 Å². The third kappa shape index (κ3) is 5.51. The number of rotatable bonds is 5. The third-order valence-electron chi connectivity index (χ3n) is 2.90. The Labute approximate surface area is 147 Å². The molecule has 2 amide bonds. The topological polar surface area (TPSA) is 84.5 Å². The molecule has 0 saturated heterocycles. The second kappa shape index (κ2) is 8.26. The molecular weight excluding hydrogens is 376 g/mol. The number of ether oxygens (including phenoxy) is 1. The Morgan fingerprint density at radius 2 is 1.46 bits per heavy atom. The highest BCUT2D eigenvalue weighted by Crippen LogP contribution is 2.14. The molecule has 0 aliphatic heterocycles. The van der Waals surface area contributed by atoms with Gasteiger partial charge < -0.3 is 15.4 Å². The molecule has 2 aromatic rings. The predicted octanol–water partition coefficient (Wildman–Crippen LogP) is 3.20. The summed E-state index contributed by atoms with van der Waals surface area (Å²) >= 11 is 3.30. The maximum atomic E-state index is 11.9. The number of halogens is 1. The number of anilines is 2. The van der Waals surface area contributed by atoms with Gasteiger partial charge in [0.2, 0.25) is 5.91 Å². The maximum absolute atomic E-state index is 11.9. The molecule has 0 aromatic heterocycles. The summed E-state index contributed by atoms with van der Waals surface area (Å²) in [5.74, 6) is -1.24. The molecule has 2 N–H and O–H groups in total. The molecule has 2 rings (SSSR count). The van der Waals surface area contributed by atoms with Gasteiger partial charge in [0.25, 0.3) is 5.91 Å². The summed E-state index contributed by atoms with van der Waals surface area (Å²) in [7, 11) is 0. The van der Waals surface area contributed by atoms with Crippen LogP contribution in [0.5, 0.6) is 0 Å². The van der Waals surface area contributed by atoms with Crippen molar-refractivity contribution >= 4 is 45.1 Å². The fourth-order valence-corrected chi connectivity index (χ4v) is 2.10. The van der Waals surface area contributed by atoms with Crippen molar-refractivity contribution in [1.82, 2.24) is 0 Å². The Morgan fingerprint density at radius 1 is 0.917 bits per heavy atom. The van der Waals surface area contributed by atoms with Crippen LogP contribution in [0.25, 0.3) is 0 Å². The van der Waals surface area contributed by atoms with E-state index in [0.717, 1.165) is 4.47 Å². The lowest BCUT2D eigenvalue weighted by Crippen LogP contribution is -2.20. The van der Waals surface area contributed by atoms with Crippen molar-refractivity contribution in [1.29, 1.82) is 0 Å². The van der Waals surface area contributed by atoms with Crippen LogP contribution in [-0.4, -0.2) is 24.4 Å². The number of carbonyl (C=O) groups excluding carboxylic acids is 3. The largest absolute Gasteiger partial charge is 0.452 e. The van der Waals surface area contributed by atoms with Crippen LogP contribution in [0.3, 0.4) is 0 Å². The maximum Gasteiger partial charge on any atom is 0.338 e. The first-order valence-corrected chi connectivity index (χ1v) is 7.83. The minimum atomic E-state index is -0.615. The molecule has 0 fully saturated rings. The molecule has 0 aliphatic rings. The summed E-state index contributed by atoms with van der Waals surface area (Å²) in [4.78, 5) is 34.6. The molecule has 124 valence electrons. The minimum absolute atomic E-state index is 0.199. The van der Waals surface area contributed by atoms with Crippen molar-refractivity contribution < 1.29 is 19.1 Å². The van der Waals surface area contributed by atoms with Gasteiger partial charge in [0.1, 0.15) is 0 Å². The lowest BCUT2D eigenvalue weighted by molar-refractivity contribution is -0.119. The first-order chi connectivity index (χ1) is 11.4. The quantitative estimate of drug-likeness (QED) is 0.767. The zero-order chi connectivity index (χ0) is 17.5. The Morgan fingerprint density at radius 3 is 2.04 bits per heavy atom. The number of hydrogen-bond donors (Lipinski definition) is 2. The van der Waals surface area contributed by atoms with E-state index in [4.69, 9.17) is 4.74 Å². The first-order valence-electron chi connectivity index (χ1n) is 7.04. The highest BCUT2D eigenvalue weighted by atomic mass is 79.9. The highest BCUT2D eigenvalue weighted by molar-refractivity contribution is 9.10. The van der Waals surface area contributed by atoms with E-state index in [1.54, 1.807) is 36.4 Å². The summed E-state index contributed by atoms with van der Waals surface area (Å²) in [6.07, 6.45) is 0. The van der Waals surface area contributed by atoms with Gasteiger partial charge in [-0.3, -0.25) is 9.59 Å². The van der Waals surface area contributed by atoms with Gasteiger partial charge in [-0.2, -0.15) is 0 Å². The molecule has 6 nitrogen and oxygen atoms in total. The van der Waals surface area contributed by atoms with Crippen LogP contribution < -0.4 is 10.6 Å². The molecule has 0 unspecified atom stereocenters. The van der Waals surface area contributed by atoms with Gasteiger partial charge in [0.05, 0.1) is 5.56 Å². The van der Waals surface area contributed by atoms with Crippen LogP contribution in [0.2, 0.25) is 0 Å². The number of hydrogen-bond acceptors (Lipinski definition) is 4. The standard InChI is InChI=1S/C17H15BrN2O4/c1-11(21)19-14-6-2-12(3-7-14)17(23)24-10-16(22)20-15-8-4-13(18)5-9-15/h2-9H,10H2,1H3,(H,19,21)(H,20,22). The number of nitrogens with one attached hydrogen (secondary N) is 2. The zero-order valence-electron chi connectivity index (χ0n) is 12.8. The summed E-state index contributed by atoms with van der Waals surface area (Å²) in [6, 6.07) is 13.2. The minimum Gasteiger partial charge on any atom is -0.452 e. The summed E-state index contributed by atoms with van der Waals surface area (Å²) in [6.45, 7) is 1.01. The molecule has 0 atom stereocenters. The molecule has 7 heteroatoms. The molecular formula is C17H15BrN2O4. The van der Waals surface area contributed by atoms with E-state index in [-0.39, 0.29) is 12.5 Å². The third-order valence-corrected chi connectivity index (χ3v) is 3.43. The van der Waals surface area contributed by atoms with Crippen molar-refractivity contribution in [3.05, 3.63) is 58.6 Å². The van der Waals surface area contributed by atoms with E-state index in [1.165, 1.54) is 19.1 Å². The summed E-state index contributed by atoms with van der Waals surface area (Å²) in [5.41, 5.74) is 1.48. The van der Waals surface area contributed by atoms with Crippen LogP contribution in [-0.2, 0) is 14.3 Å². The normalized spacial score (nSPS) is 9.92. The number of esters is 1. The molecule has 2 aromatic carbocycles. The molecule has 0 heterocycles. The molecule has 0 spiro atoms. The number of benzene rings is 2. The average molecular weight is 391 g/mol. The number of amides is 2. The smallest absolute Gasteiger partial charge is 0.338 e. The molecule has 0 radical (unpaired) electrons. The number of carbonyl (C=O) groups is 3. The van der Waals surface area contributed by atoms with Crippen LogP contribution in [0.15, 0.2) is 53.0 Å². The van der Waals surface area contributed by atoms with Gasteiger partial charge in [-0.05, 0) is 48.5 Å².